The number of carbonyl (C=O) groups is 3. The molecule has 0 aliphatic rings. The molecule has 0 aromatic carbocycles. The van der Waals surface area contributed by atoms with Gasteiger partial charge in [0.25, 0.3) is 0 Å². The number of unbranched alkanes of at least 4 members (excludes halogenated alkanes) is 1. The van der Waals surface area contributed by atoms with Crippen LogP contribution in [0.15, 0.2) is 0 Å². The SMILES string of the molecule is CC(=O)OCCCCC(C=O)C(C)=O. The van der Waals surface area contributed by atoms with Crippen molar-refractivity contribution in [2.24, 2.45) is 5.92 Å². The number of ether oxygens (including phenoxy) is 1. The highest BCUT2D eigenvalue weighted by atomic mass is 16.5. The Labute approximate surface area is 83.6 Å². The summed E-state index contributed by atoms with van der Waals surface area (Å²) in [6.07, 6.45) is 2.63. The van der Waals surface area contributed by atoms with Gasteiger partial charge < -0.3 is 9.53 Å². The summed E-state index contributed by atoms with van der Waals surface area (Å²) >= 11 is 0. The standard InChI is InChI=1S/C10H16O4/c1-8(12)10(7-11)5-3-4-6-14-9(2)13/h7,10H,3-6H2,1-2H3. The first-order valence-electron chi connectivity index (χ1n) is 4.67. The molecule has 0 N–H and O–H groups in total. The van der Waals surface area contributed by atoms with Crippen LogP contribution in [0.1, 0.15) is 33.1 Å². The van der Waals surface area contributed by atoms with Crippen molar-refractivity contribution in [3.05, 3.63) is 0 Å². The normalized spacial score (nSPS) is 11.9. The van der Waals surface area contributed by atoms with Gasteiger partial charge in [0.05, 0.1) is 12.5 Å². The van der Waals surface area contributed by atoms with Gasteiger partial charge in [0.1, 0.15) is 12.1 Å². The summed E-state index contributed by atoms with van der Waals surface area (Å²) in [4.78, 5) is 31.6. The summed E-state index contributed by atoms with van der Waals surface area (Å²) < 4.78 is 4.71. The molecule has 0 aromatic heterocycles. The van der Waals surface area contributed by atoms with Crippen LogP contribution in [0.25, 0.3) is 0 Å². The van der Waals surface area contributed by atoms with E-state index in [1.807, 2.05) is 0 Å². The number of aldehydes is 1. The maximum Gasteiger partial charge on any atom is 0.302 e. The van der Waals surface area contributed by atoms with Crippen LogP contribution >= 0.6 is 0 Å². The Hall–Kier alpha value is -1.19. The van der Waals surface area contributed by atoms with Crippen LogP contribution < -0.4 is 0 Å². The van der Waals surface area contributed by atoms with E-state index in [9.17, 15) is 14.4 Å². The number of ketones is 1. The molecule has 4 nitrogen and oxygen atoms in total. The minimum absolute atomic E-state index is 0.104. The lowest BCUT2D eigenvalue weighted by atomic mass is 10.0. The molecule has 0 saturated carbocycles. The van der Waals surface area contributed by atoms with E-state index >= 15 is 0 Å². The molecule has 4 heteroatoms. The molecule has 0 bridgehead atoms. The predicted octanol–water partition coefficient (Wildman–Crippen LogP) is 1.12. The Balaban J connectivity index is 3.47. The molecule has 0 saturated heterocycles. The summed E-state index contributed by atoms with van der Waals surface area (Å²) in [5.74, 6) is -0.900. The second-order valence-electron chi connectivity index (χ2n) is 3.19. The van der Waals surface area contributed by atoms with Crippen molar-refractivity contribution in [2.45, 2.75) is 33.1 Å². The van der Waals surface area contributed by atoms with Crippen molar-refractivity contribution in [3.8, 4) is 0 Å². The minimum atomic E-state index is -0.493. The van der Waals surface area contributed by atoms with E-state index in [1.165, 1.54) is 13.8 Å². The second kappa shape index (κ2) is 7.24. The van der Waals surface area contributed by atoms with Crippen LogP contribution in [-0.2, 0) is 19.1 Å². The summed E-state index contributed by atoms with van der Waals surface area (Å²) in [7, 11) is 0. The van der Waals surface area contributed by atoms with E-state index < -0.39 is 5.92 Å². The Bertz CT molecular complexity index is 210. The molecule has 1 unspecified atom stereocenters. The summed E-state index contributed by atoms with van der Waals surface area (Å²) in [6, 6.07) is 0. The lowest BCUT2D eigenvalue weighted by Crippen LogP contribution is -2.12. The monoisotopic (exact) mass is 200 g/mol. The first kappa shape index (κ1) is 12.8. The van der Waals surface area contributed by atoms with E-state index in [0.717, 1.165) is 6.42 Å². The number of rotatable bonds is 7. The van der Waals surface area contributed by atoms with Gasteiger partial charge >= 0.3 is 5.97 Å². The molecule has 80 valence electrons. The number of Topliss-reactive ketones (excluding diaryl/α,β-unsaturated/α-hetero) is 1. The number of hydrogen-bond acceptors (Lipinski definition) is 4. The average molecular weight is 200 g/mol. The van der Waals surface area contributed by atoms with Gasteiger partial charge in [-0.1, -0.05) is 0 Å². The third-order valence-electron chi connectivity index (χ3n) is 1.90. The highest BCUT2D eigenvalue weighted by Crippen LogP contribution is 2.07. The van der Waals surface area contributed by atoms with Crippen molar-refractivity contribution in [1.82, 2.24) is 0 Å². The van der Waals surface area contributed by atoms with Gasteiger partial charge in [-0.05, 0) is 26.2 Å². The average Bonchev–Trinajstić information content (AvgIpc) is 2.10. The molecule has 0 aromatic rings. The molecule has 0 spiro atoms. The molecule has 0 radical (unpaired) electrons. The maximum absolute atomic E-state index is 10.8. The lowest BCUT2D eigenvalue weighted by Gasteiger charge is -2.05. The molecular formula is C10H16O4. The molecule has 0 rings (SSSR count). The largest absolute Gasteiger partial charge is 0.466 e. The van der Waals surface area contributed by atoms with Crippen LogP contribution in [0, 0.1) is 5.92 Å². The Morgan fingerprint density at radius 3 is 2.36 bits per heavy atom. The molecule has 0 fully saturated rings. The van der Waals surface area contributed by atoms with E-state index in [0.29, 0.717) is 25.7 Å². The molecular weight excluding hydrogens is 184 g/mol. The van der Waals surface area contributed by atoms with Crippen molar-refractivity contribution < 1.29 is 19.1 Å². The number of hydrogen-bond donors (Lipinski definition) is 0. The van der Waals surface area contributed by atoms with E-state index in [2.05, 4.69) is 0 Å². The lowest BCUT2D eigenvalue weighted by molar-refractivity contribution is -0.141. The highest BCUT2D eigenvalue weighted by molar-refractivity contribution is 5.91. The molecule has 14 heavy (non-hydrogen) atoms. The summed E-state index contributed by atoms with van der Waals surface area (Å²) in [5, 5.41) is 0. The van der Waals surface area contributed by atoms with Gasteiger partial charge in [-0.2, -0.15) is 0 Å². The Morgan fingerprint density at radius 1 is 1.29 bits per heavy atom. The van der Waals surface area contributed by atoms with Gasteiger partial charge in [0, 0.05) is 6.92 Å². The Kier molecular flexibility index (Phi) is 6.62. The van der Waals surface area contributed by atoms with E-state index in [4.69, 9.17) is 4.74 Å². The smallest absolute Gasteiger partial charge is 0.302 e. The zero-order chi connectivity index (χ0) is 11.0. The first-order valence-corrected chi connectivity index (χ1v) is 4.67. The van der Waals surface area contributed by atoms with Crippen LogP contribution in [0.4, 0.5) is 0 Å². The maximum atomic E-state index is 10.8. The van der Waals surface area contributed by atoms with Crippen molar-refractivity contribution in [1.29, 1.82) is 0 Å². The zero-order valence-corrected chi connectivity index (χ0v) is 8.62. The van der Waals surface area contributed by atoms with Crippen molar-refractivity contribution in [2.75, 3.05) is 6.61 Å². The first-order chi connectivity index (χ1) is 6.57. The summed E-state index contributed by atoms with van der Waals surface area (Å²) in [6.45, 7) is 3.12. The Morgan fingerprint density at radius 2 is 1.93 bits per heavy atom. The van der Waals surface area contributed by atoms with E-state index in [-0.39, 0.29) is 11.8 Å². The van der Waals surface area contributed by atoms with E-state index in [1.54, 1.807) is 0 Å². The number of esters is 1. The molecule has 0 heterocycles. The molecule has 0 aliphatic heterocycles. The highest BCUT2D eigenvalue weighted by Gasteiger charge is 2.11. The van der Waals surface area contributed by atoms with Gasteiger partial charge in [-0.15, -0.1) is 0 Å². The number of carbonyl (C=O) groups excluding carboxylic acids is 3. The fourth-order valence-electron chi connectivity index (χ4n) is 1.05. The molecule has 1 atom stereocenters. The molecule has 0 aliphatic carbocycles. The van der Waals surface area contributed by atoms with Gasteiger partial charge in [0.2, 0.25) is 0 Å². The van der Waals surface area contributed by atoms with Crippen molar-refractivity contribution >= 4 is 18.0 Å². The fourth-order valence-corrected chi connectivity index (χ4v) is 1.05. The van der Waals surface area contributed by atoms with Crippen molar-refractivity contribution in [3.63, 3.8) is 0 Å². The quantitative estimate of drug-likeness (QED) is 0.267. The zero-order valence-electron chi connectivity index (χ0n) is 8.62. The third-order valence-corrected chi connectivity index (χ3v) is 1.90. The van der Waals surface area contributed by atoms with Gasteiger partial charge in [-0.25, -0.2) is 0 Å². The third kappa shape index (κ3) is 6.34. The van der Waals surface area contributed by atoms with Gasteiger partial charge in [0.15, 0.2) is 0 Å². The van der Waals surface area contributed by atoms with Crippen LogP contribution in [0.5, 0.6) is 0 Å². The van der Waals surface area contributed by atoms with Crippen LogP contribution in [0.3, 0.4) is 0 Å². The fraction of sp³-hybridized carbons (Fsp3) is 0.700. The predicted molar refractivity (Wildman–Crippen MR) is 50.7 cm³/mol. The summed E-state index contributed by atoms with van der Waals surface area (Å²) in [5.41, 5.74) is 0. The van der Waals surface area contributed by atoms with Gasteiger partial charge in [-0.3, -0.25) is 9.59 Å². The van der Waals surface area contributed by atoms with Crippen LogP contribution in [0.2, 0.25) is 0 Å². The minimum Gasteiger partial charge on any atom is -0.466 e. The second-order valence-corrected chi connectivity index (χ2v) is 3.19. The topological polar surface area (TPSA) is 60.4 Å². The van der Waals surface area contributed by atoms with Crippen LogP contribution in [-0.4, -0.2) is 24.6 Å². The molecule has 0 amide bonds.